The van der Waals surface area contributed by atoms with Gasteiger partial charge >= 0.3 is 5.97 Å². The van der Waals surface area contributed by atoms with E-state index in [1.165, 1.54) is 7.05 Å². The highest BCUT2D eigenvalue weighted by atomic mass is 16.7. The maximum absolute atomic E-state index is 11.0. The largest absolute Gasteiger partial charge is 0.359 e. The van der Waals surface area contributed by atoms with Gasteiger partial charge in [0, 0.05) is 68.9 Å². The lowest BCUT2D eigenvalue weighted by Gasteiger charge is -2.11. The number of imide groups is 1. The van der Waals surface area contributed by atoms with E-state index in [2.05, 4.69) is 63.9 Å². The molecule has 1 aromatic rings. The first-order valence-electron chi connectivity index (χ1n) is 11.9. The Morgan fingerprint density at radius 1 is 1.05 bits per heavy atom. The molecular weight excluding hydrogens is 554 g/mol. The number of carbonyl (C=O) groups is 5. The Morgan fingerprint density at radius 3 is 1.90 bits per heavy atom. The summed E-state index contributed by atoms with van der Waals surface area (Å²) in [6, 6.07) is 0. The predicted octanol–water partition coefficient (Wildman–Crippen LogP) is 1.30. The Labute approximate surface area is 244 Å². The third kappa shape index (κ3) is 25.1. The van der Waals surface area contributed by atoms with Gasteiger partial charge in [0.2, 0.25) is 11.8 Å². The molecule has 0 spiro atoms. The molecule has 2 rings (SSSR count). The van der Waals surface area contributed by atoms with E-state index in [4.69, 9.17) is 11.1 Å². The van der Waals surface area contributed by atoms with Crippen molar-refractivity contribution in [2.75, 3.05) is 34.2 Å². The highest BCUT2D eigenvalue weighted by molar-refractivity contribution is 6.01. The molecule has 1 aliphatic heterocycles. The number of hydrogen-bond donors (Lipinski definition) is 3. The molecular formula is C23H41N13O6. The molecule has 0 aromatic carbocycles. The Hall–Kier alpha value is -5.17. The summed E-state index contributed by atoms with van der Waals surface area (Å²) >= 11 is 0. The number of nitrogens with two attached hydrogens (primary N) is 1. The third-order valence-corrected chi connectivity index (χ3v) is 3.96. The number of azide groups is 2. The summed E-state index contributed by atoms with van der Waals surface area (Å²) in [7, 11) is 4.66. The molecule has 1 saturated heterocycles. The van der Waals surface area contributed by atoms with Gasteiger partial charge in [-0.2, -0.15) is 0 Å². The summed E-state index contributed by atoms with van der Waals surface area (Å²) in [5, 5.41) is 19.3. The number of hydrogen-bond acceptors (Lipinski definition) is 11. The van der Waals surface area contributed by atoms with Gasteiger partial charge in [-0.05, 0) is 32.0 Å². The molecule has 0 radical (unpaired) electrons. The standard InChI is InChI=1S/C7H8N4O4.C7H12N4O.C4H8N4O.C3H4.CH5N.CH4/c8-10-9-4-3-7(14)15-11-5(12)1-2-6(11)13;1-6-5-11(10-9-6)4-3-7(12)8-2;1-6-4(9)2-3-7-8-5;1-3-2;1-2;/h1-4H2;5H,3-4H2,1-2H3,(H,8,12);2-3H2,1H3,(H,6,9);1H,2H3;2H2,1H3;1H4. The first-order valence-corrected chi connectivity index (χ1v) is 11.9. The zero-order valence-electron chi connectivity index (χ0n) is 23.8. The number of aryl methyl sites for hydroxylation is 2. The molecule has 19 nitrogen and oxygen atoms in total. The van der Waals surface area contributed by atoms with Crippen LogP contribution in [0.2, 0.25) is 0 Å². The molecule has 0 unspecified atom stereocenters. The van der Waals surface area contributed by atoms with E-state index in [1.54, 1.807) is 25.7 Å². The monoisotopic (exact) mass is 595 g/mol. The van der Waals surface area contributed by atoms with Crippen LogP contribution in [0.25, 0.3) is 20.9 Å². The number of nitrogens with one attached hydrogen (secondary N) is 2. The lowest BCUT2D eigenvalue weighted by molar-refractivity contribution is -0.197. The van der Waals surface area contributed by atoms with Crippen molar-refractivity contribution in [2.45, 2.75) is 59.9 Å². The fourth-order valence-electron chi connectivity index (χ4n) is 2.16. The summed E-state index contributed by atoms with van der Waals surface area (Å²) in [6.45, 7) is 4.27. The quantitative estimate of drug-likeness (QED) is 0.115. The molecule has 19 heteroatoms. The molecule has 1 aliphatic rings. The van der Waals surface area contributed by atoms with Crippen molar-refractivity contribution in [3.05, 3.63) is 32.8 Å². The summed E-state index contributed by atoms with van der Waals surface area (Å²) in [5.74, 6) is 0.325. The molecule has 2 heterocycles. The van der Waals surface area contributed by atoms with Gasteiger partial charge in [0.25, 0.3) is 11.8 Å². The number of terminal acetylenes is 1. The Balaban J connectivity index is -0.000000242. The van der Waals surface area contributed by atoms with Crippen molar-refractivity contribution in [3.8, 4) is 12.3 Å². The van der Waals surface area contributed by atoms with Crippen LogP contribution in [0, 0.1) is 19.3 Å². The molecule has 1 aromatic heterocycles. The number of rotatable bonds is 10. The summed E-state index contributed by atoms with van der Waals surface area (Å²) in [5.41, 5.74) is 21.1. The molecule has 4 amide bonds. The highest BCUT2D eigenvalue weighted by Gasteiger charge is 2.32. The van der Waals surface area contributed by atoms with Crippen LogP contribution in [0.3, 0.4) is 0 Å². The molecule has 0 bridgehead atoms. The van der Waals surface area contributed by atoms with Gasteiger partial charge in [-0.25, -0.2) is 4.79 Å². The lowest BCUT2D eigenvalue weighted by atomic mass is 10.4. The topological polar surface area (TPSA) is 276 Å². The third-order valence-electron chi connectivity index (χ3n) is 3.96. The van der Waals surface area contributed by atoms with Gasteiger partial charge in [-0.1, -0.05) is 22.9 Å². The van der Waals surface area contributed by atoms with Crippen LogP contribution in [0.1, 0.15) is 52.1 Å². The van der Waals surface area contributed by atoms with E-state index >= 15 is 0 Å². The Bertz CT molecular complexity index is 1070. The van der Waals surface area contributed by atoms with Gasteiger partial charge in [-0.15, -0.1) is 22.5 Å². The van der Waals surface area contributed by atoms with Gasteiger partial charge in [0.1, 0.15) is 0 Å². The van der Waals surface area contributed by atoms with Crippen LogP contribution in [0.4, 0.5) is 0 Å². The zero-order chi connectivity index (χ0) is 32.1. The Kier molecular flexibility index (Phi) is 31.7. The van der Waals surface area contributed by atoms with Crippen molar-refractivity contribution in [1.82, 2.24) is 30.7 Å². The van der Waals surface area contributed by atoms with E-state index in [-0.39, 0.29) is 58.0 Å². The van der Waals surface area contributed by atoms with Crippen LogP contribution in [0.5, 0.6) is 0 Å². The van der Waals surface area contributed by atoms with E-state index in [0.29, 0.717) is 18.0 Å². The first kappa shape index (κ1) is 43.9. The van der Waals surface area contributed by atoms with E-state index in [1.807, 2.05) is 13.1 Å². The molecule has 42 heavy (non-hydrogen) atoms. The number of carbonyl (C=O) groups excluding carboxylic acids is 5. The summed E-state index contributed by atoms with van der Waals surface area (Å²) in [4.78, 5) is 63.6. The maximum atomic E-state index is 11.0. The summed E-state index contributed by atoms with van der Waals surface area (Å²) < 4.78 is 1.66. The van der Waals surface area contributed by atoms with Gasteiger partial charge in [0.05, 0.1) is 18.7 Å². The van der Waals surface area contributed by atoms with E-state index in [0.717, 1.165) is 5.69 Å². The van der Waals surface area contributed by atoms with Gasteiger partial charge in [0.15, 0.2) is 0 Å². The average molecular weight is 596 g/mol. The first-order chi connectivity index (χ1) is 19.6. The van der Waals surface area contributed by atoms with Crippen LogP contribution < -0.4 is 16.4 Å². The molecule has 0 atom stereocenters. The minimum atomic E-state index is -0.772. The maximum Gasteiger partial charge on any atom is 0.333 e. The average Bonchev–Trinajstić information content (AvgIpc) is 3.53. The molecule has 234 valence electrons. The molecule has 0 saturated carbocycles. The van der Waals surface area contributed by atoms with Crippen molar-refractivity contribution in [2.24, 2.45) is 16.0 Å². The van der Waals surface area contributed by atoms with Crippen molar-refractivity contribution in [3.63, 3.8) is 0 Å². The molecule has 1 fully saturated rings. The fraction of sp³-hybridized carbons (Fsp3) is 0.609. The highest BCUT2D eigenvalue weighted by Crippen LogP contribution is 2.12. The molecule has 4 N–H and O–H groups in total. The number of nitrogens with zero attached hydrogens (tertiary/aromatic N) is 10. The van der Waals surface area contributed by atoms with Crippen molar-refractivity contribution < 1.29 is 28.8 Å². The number of amides is 4. The smallest absolute Gasteiger partial charge is 0.333 e. The second-order valence-electron chi connectivity index (χ2n) is 6.96. The van der Waals surface area contributed by atoms with Gasteiger partial charge in [-0.3, -0.25) is 23.9 Å². The Morgan fingerprint density at radius 2 is 1.50 bits per heavy atom. The second-order valence-corrected chi connectivity index (χ2v) is 6.96. The van der Waals surface area contributed by atoms with Crippen molar-refractivity contribution >= 4 is 29.6 Å². The zero-order valence-corrected chi connectivity index (χ0v) is 23.8. The minimum absolute atomic E-state index is 0. The summed E-state index contributed by atoms with van der Waals surface area (Å²) in [6.07, 6.45) is 7.06. The normalized spacial score (nSPS) is 10.2. The lowest BCUT2D eigenvalue weighted by Crippen LogP contribution is -2.32. The predicted molar refractivity (Wildman–Crippen MR) is 153 cm³/mol. The number of aromatic nitrogens is 3. The van der Waals surface area contributed by atoms with Gasteiger partial charge < -0.3 is 21.2 Å². The SMILES string of the molecule is C.C#CC.CN.CNC(=O)CCN=[N+]=[N-].CNC(=O)CCn1cc(C)nn1.[N-]=[N+]=NCCC(=O)ON1C(=O)CCC1=O. The van der Waals surface area contributed by atoms with E-state index < -0.39 is 17.8 Å². The van der Waals surface area contributed by atoms with E-state index in [9.17, 15) is 24.0 Å². The fourth-order valence-corrected chi connectivity index (χ4v) is 2.16. The van der Waals surface area contributed by atoms with Crippen LogP contribution in [0.15, 0.2) is 16.4 Å². The van der Waals surface area contributed by atoms with Crippen molar-refractivity contribution in [1.29, 1.82) is 0 Å². The van der Waals surface area contributed by atoms with Crippen LogP contribution in [-0.2, 0) is 35.4 Å². The number of hydroxylamine groups is 2. The van der Waals surface area contributed by atoms with Crippen LogP contribution >= 0.6 is 0 Å². The van der Waals surface area contributed by atoms with Crippen LogP contribution in [-0.4, -0.2) is 83.9 Å². The molecule has 0 aliphatic carbocycles. The minimum Gasteiger partial charge on any atom is -0.359 e. The second kappa shape index (κ2) is 30.4.